The summed E-state index contributed by atoms with van der Waals surface area (Å²) in [5, 5.41) is 3.90. The van der Waals surface area contributed by atoms with Crippen LogP contribution in [0.5, 0.6) is 0 Å². The normalized spacial score (nSPS) is 10.8. The molecule has 6 heteroatoms. The molecule has 2 rings (SSSR count). The van der Waals surface area contributed by atoms with Gasteiger partial charge in [0.25, 0.3) is 5.56 Å². The van der Waals surface area contributed by atoms with Gasteiger partial charge in [0, 0.05) is 29.4 Å². The van der Waals surface area contributed by atoms with Gasteiger partial charge < -0.3 is 13.8 Å². The second-order valence-electron chi connectivity index (χ2n) is 3.99. The van der Waals surface area contributed by atoms with Crippen LogP contribution >= 0.6 is 15.9 Å². The summed E-state index contributed by atoms with van der Waals surface area (Å²) in [6, 6.07) is 3.57. The van der Waals surface area contributed by atoms with Gasteiger partial charge >= 0.3 is 0 Å². The van der Waals surface area contributed by atoms with E-state index >= 15 is 0 Å². The summed E-state index contributed by atoms with van der Waals surface area (Å²) >= 11 is 3.37. The molecule has 0 unspecified atom stereocenters. The molecular weight excluding hydrogens is 300 g/mol. The Balaban J connectivity index is 2.25. The molecule has 2 aromatic heterocycles. The van der Waals surface area contributed by atoms with E-state index in [0.29, 0.717) is 30.2 Å². The van der Waals surface area contributed by atoms with Crippen molar-refractivity contribution in [3.63, 3.8) is 0 Å². The van der Waals surface area contributed by atoms with Crippen molar-refractivity contribution < 1.29 is 9.26 Å². The van der Waals surface area contributed by atoms with Crippen LogP contribution in [0.2, 0.25) is 0 Å². The minimum atomic E-state index is -0.0329. The largest absolute Gasteiger partial charge is 0.377 e. The Labute approximate surface area is 112 Å². The molecule has 0 spiro atoms. The molecule has 0 bridgehead atoms. The highest BCUT2D eigenvalue weighted by Crippen LogP contribution is 2.10. The number of nitrogens with zero attached hydrogens (tertiary/aromatic N) is 2. The Morgan fingerprint density at radius 1 is 1.50 bits per heavy atom. The van der Waals surface area contributed by atoms with Crippen LogP contribution in [0.3, 0.4) is 0 Å². The highest BCUT2D eigenvalue weighted by Gasteiger charge is 2.07. The van der Waals surface area contributed by atoms with Gasteiger partial charge in [-0.1, -0.05) is 5.16 Å². The van der Waals surface area contributed by atoms with Crippen LogP contribution in [-0.4, -0.2) is 16.8 Å². The van der Waals surface area contributed by atoms with Crippen molar-refractivity contribution >= 4 is 15.9 Å². The van der Waals surface area contributed by atoms with E-state index in [1.54, 1.807) is 36.9 Å². The van der Waals surface area contributed by atoms with Crippen molar-refractivity contribution in [1.29, 1.82) is 0 Å². The van der Waals surface area contributed by atoms with E-state index in [2.05, 4.69) is 21.1 Å². The van der Waals surface area contributed by atoms with E-state index in [-0.39, 0.29) is 5.56 Å². The van der Waals surface area contributed by atoms with Crippen molar-refractivity contribution in [3.05, 3.63) is 50.2 Å². The molecule has 0 radical (unpaired) electrons. The molecule has 18 heavy (non-hydrogen) atoms. The Kier molecular flexibility index (Phi) is 3.98. The maximum Gasteiger partial charge on any atom is 0.253 e. The van der Waals surface area contributed by atoms with Crippen LogP contribution in [0, 0.1) is 6.92 Å². The van der Waals surface area contributed by atoms with Gasteiger partial charge in [0.15, 0.2) is 5.76 Å². The van der Waals surface area contributed by atoms with Crippen LogP contribution in [0.4, 0.5) is 0 Å². The van der Waals surface area contributed by atoms with E-state index in [4.69, 9.17) is 9.26 Å². The fraction of sp³-hybridized carbons (Fsp3) is 0.333. The van der Waals surface area contributed by atoms with Crippen LogP contribution in [0.25, 0.3) is 0 Å². The lowest BCUT2D eigenvalue weighted by Crippen LogP contribution is -2.22. The molecular formula is C12H13BrN2O3. The van der Waals surface area contributed by atoms with E-state index in [0.717, 1.165) is 4.47 Å². The molecule has 2 heterocycles. The summed E-state index contributed by atoms with van der Waals surface area (Å²) in [7, 11) is 1.59. The van der Waals surface area contributed by atoms with Crippen LogP contribution in [0.1, 0.15) is 17.0 Å². The molecule has 0 amide bonds. The molecule has 0 aliphatic rings. The average Bonchev–Trinajstić information content (AvgIpc) is 2.73. The van der Waals surface area contributed by atoms with E-state index in [1.165, 1.54) is 0 Å². The van der Waals surface area contributed by atoms with Gasteiger partial charge in [0.1, 0.15) is 12.3 Å². The summed E-state index contributed by atoms with van der Waals surface area (Å²) in [6.45, 7) is 2.54. The smallest absolute Gasteiger partial charge is 0.253 e. The lowest BCUT2D eigenvalue weighted by molar-refractivity contribution is 0.155. The molecule has 0 saturated heterocycles. The van der Waals surface area contributed by atoms with Crippen LogP contribution < -0.4 is 5.56 Å². The van der Waals surface area contributed by atoms with E-state index in [9.17, 15) is 4.79 Å². The van der Waals surface area contributed by atoms with Crippen molar-refractivity contribution in [3.8, 4) is 0 Å². The van der Waals surface area contributed by atoms with Gasteiger partial charge in [-0.3, -0.25) is 4.79 Å². The van der Waals surface area contributed by atoms with Crippen molar-refractivity contribution in [2.45, 2.75) is 20.1 Å². The predicted molar refractivity (Wildman–Crippen MR) is 69.5 cm³/mol. The monoisotopic (exact) mass is 312 g/mol. The van der Waals surface area contributed by atoms with Crippen LogP contribution in [-0.2, 0) is 17.9 Å². The zero-order chi connectivity index (χ0) is 13.1. The first-order valence-electron chi connectivity index (χ1n) is 5.40. The average molecular weight is 313 g/mol. The number of aryl methyl sites for hydroxylation is 1. The molecule has 0 N–H and O–H groups in total. The third-order valence-corrected chi connectivity index (χ3v) is 2.89. The minimum absolute atomic E-state index is 0.0329. The number of rotatable bonds is 4. The molecule has 2 aromatic rings. The number of methoxy groups -OCH3 is 1. The lowest BCUT2D eigenvalue weighted by Gasteiger charge is -2.04. The van der Waals surface area contributed by atoms with Crippen molar-refractivity contribution in [2.24, 2.45) is 0 Å². The molecule has 5 nitrogen and oxygen atoms in total. The Morgan fingerprint density at radius 3 is 3.00 bits per heavy atom. The van der Waals surface area contributed by atoms with Gasteiger partial charge in [-0.15, -0.1) is 0 Å². The minimum Gasteiger partial charge on any atom is -0.377 e. The standard InChI is InChI=1S/C12H13BrN2O3/c1-8-3-9(13)5-15(12(8)16)6-10-4-11(7-17-2)18-14-10/h3-5H,6-7H2,1-2H3. The molecule has 0 aromatic carbocycles. The number of hydrogen-bond donors (Lipinski definition) is 0. The topological polar surface area (TPSA) is 57.3 Å². The fourth-order valence-electron chi connectivity index (χ4n) is 1.67. The molecule has 0 fully saturated rings. The predicted octanol–water partition coefficient (Wildman–Crippen LogP) is 2.10. The third-order valence-electron chi connectivity index (χ3n) is 2.46. The van der Waals surface area contributed by atoms with E-state index < -0.39 is 0 Å². The molecule has 0 saturated carbocycles. The Hall–Kier alpha value is -1.40. The fourth-order valence-corrected chi connectivity index (χ4v) is 2.26. The van der Waals surface area contributed by atoms with Gasteiger partial charge in [-0.2, -0.15) is 0 Å². The Morgan fingerprint density at radius 2 is 2.28 bits per heavy atom. The maximum atomic E-state index is 11.9. The SMILES string of the molecule is COCc1cc(Cn2cc(Br)cc(C)c2=O)no1. The quantitative estimate of drug-likeness (QED) is 0.867. The van der Waals surface area contributed by atoms with Crippen molar-refractivity contribution in [2.75, 3.05) is 7.11 Å². The third kappa shape index (κ3) is 2.88. The highest BCUT2D eigenvalue weighted by molar-refractivity contribution is 9.10. The number of ether oxygens (including phenoxy) is 1. The Bertz CT molecular complexity index is 604. The molecule has 96 valence electrons. The lowest BCUT2D eigenvalue weighted by atomic mass is 10.3. The number of aromatic nitrogens is 2. The van der Waals surface area contributed by atoms with Gasteiger partial charge in [-0.25, -0.2) is 0 Å². The molecule has 0 aliphatic heterocycles. The second-order valence-corrected chi connectivity index (χ2v) is 4.91. The van der Waals surface area contributed by atoms with Gasteiger partial charge in [0.05, 0.1) is 6.54 Å². The molecule has 0 aliphatic carbocycles. The van der Waals surface area contributed by atoms with Crippen LogP contribution in [0.15, 0.2) is 32.1 Å². The van der Waals surface area contributed by atoms with E-state index in [1.807, 2.05) is 0 Å². The first kappa shape index (κ1) is 13.0. The first-order chi connectivity index (χ1) is 8.60. The number of halogens is 1. The summed E-state index contributed by atoms with van der Waals surface area (Å²) in [5.41, 5.74) is 1.35. The number of hydrogen-bond acceptors (Lipinski definition) is 4. The zero-order valence-corrected chi connectivity index (χ0v) is 11.7. The number of pyridine rings is 1. The maximum absolute atomic E-state index is 11.9. The zero-order valence-electron chi connectivity index (χ0n) is 10.1. The highest BCUT2D eigenvalue weighted by atomic mass is 79.9. The summed E-state index contributed by atoms with van der Waals surface area (Å²) < 4.78 is 12.5. The first-order valence-corrected chi connectivity index (χ1v) is 6.19. The van der Waals surface area contributed by atoms with Gasteiger partial charge in [0.2, 0.25) is 0 Å². The van der Waals surface area contributed by atoms with Crippen molar-refractivity contribution in [1.82, 2.24) is 9.72 Å². The van der Waals surface area contributed by atoms with Gasteiger partial charge in [-0.05, 0) is 28.9 Å². The summed E-state index contributed by atoms with van der Waals surface area (Å²) in [5.74, 6) is 0.646. The summed E-state index contributed by atoms with van der Waals surface area (Å²) in [4.78, 5) is 11.9. The molecule has 0 atom stereocenters. The second kappa shape index (κ2) is 5.49. The summed E-state index contributed by atoms with van der Waals surface area (Å²) in [6.07, 6.45) is 1.74.